The Bertz CT molecular complexity index is 384. The van der Waals surface area contributed by atoms with Crippen molar-refractivity contribution in [1.29, 1.82) is 0 Å². The number of carboxylic acid groups (broad SMARTS) is 1. The van der Waals surface area contributed by atoms with Gasteiger partial charge in [0.2, 0.25) is 0 Å². The van der Waals surface area contributed by atoms with Gasteiger partial charge in [-0.15, -0.1) is 0 Å². The van der Waals surface area contributed by atoms with Crippen LogP contribution in [0.25, 0.3) is 0 Å². The molecule has 0 radical (unpaired) electrons. The molecular formula is C14H25N3O4. The van der Waals surface area contributed by atoms with Crippen LogP contribution in [0.15, 0.2) is 0 Å². The van der Waals surface area contributed by atoms with Gasteiger partial charge in [-0.05, 0) is 12.8 Å². The van der Waals surface area contributed by atoms with Crippen molar-refractivity contribution >= 4 is 12.0 Å². The van der Waals surface area contributed by atoms with E-state index in [1.165, 1.54) is 0 Å². The Hall–Kier alpha value is -1.34. The van der Waals surface area contributed by atoms with Crippen LogP contribution in [0.3, 0.4) is 0 Å². The number of nitrogens with one attached hydrogen (secondary N) is 1. The maximum absolute atomic E-state index is 12.2. The molecular weight excluding hydrogens is 274 g/mol. The fraction of sp³-hybridized carbons (Fsp3) is 0.857. The molecule has 2 rings (SSSR count). The Morgan fingerprint density at radius 1 is 1.33 bits per heavy atom. The highest BCUT2D eigenvalue weighted by Crippen LogP contribution is 2.23. The van der Waals surface area contributed by atoms with Crippen LogP contribution in [0.1, 0.15) is 13.8 Å². The van der Waals surface area contributed by atoms with Gasteiger partial charge in [0.25, 0.3) is 0 Å². The maximum atomic E-state index is 12.2. The predicted octanol–water partition coefficient (Wildman–Crippen LogP) is 0.0692. The summed E-state index contributed by atoms with van der Waals surface area (Å²) in [4.78, 5) is 27.2. The van der Waals surface area contributed by atoms with E-state index in [1.807, 2.05) is 13.8 Å². The monoisotopic (exact) mass is 299 g/mol. The Morgan fingerprint density at radius 3 is 2.57 bits per heavy atom. The van der Waals surface area contributed by atoms with Crippen molar-refractivity contribution in [2.24, 2.45) is 11.8 Å². The van der Waals surface area contributed by atoms with Crippen LogP contribution in [0.5, 0.6) is 0 Å². The lowest BCUT2D eigenvalue weighted by Gasteiger charge is -2.30. The summed E-state index contributed by atoms with van der Waals surface area (Å²) >= 11 is 0. The summed E-state index contributed by atoms with van der Waals surface area (Å²) in [7, 11) is 0. The number of rotatable bonds is 4. The number of hydrogen-bond acceptors (Lipinski definition) is 4. The predicted molar refractivity (Wildman–Crippen MR) is 77.1 cm³/mol. The van der Waals surface area contributed by atoms with Crippen LogP contribution in [0, 0.1) is 11.8 Å². The molecule has 2 N–H and O–H groups in total. The first-order valence-electron chi connectivity index (χ1n) is 7.55. The van der Waals surface area contributed by atoms with Crippen molar-refractivity contribution < 1.29 is 19.4 Å². The first kappa shape index (κ1) is 16.0. The third-order valence-corrected chi connectivity index (χ3v) is 4.22. The van der Waals surface area contributed by atoms with E-state index in [4.69, 9.17) is 9.84 Å². The quantitative estimate of drug-likeness (QED) is 0.767. The number of urea groups is 1. The fourth-order valence-electron chi connectivity index (χ4n) is 2.97. The zero-order chi connectivity index (χ0) is 15.4. The number of aliphatic carboxylic acids is 1. The van der Waals surface area contributed by atoms with Gasteiger partial charge in [0.05, 0.1) is 19.1 Å². The van der Waals surface area contributed by atoms with Gasteiger partial charge in [-0.2, -0.15) is 0 Å². The molecule has 2 saturated heterocycles. The normalized spacial score (nSPS) is 28.4. The van der Waals surface area contributed by atoms with Gasteiger partial charge in [0.15, 0.2) is 0 Å². The Morgan fingerprint density at radius 2 is 2.00 bits per heavy atom. The van der Waals surface area contributed by atoms with E-state index < -0.39 is 11.9 Å². The first-order chi connectivity index (χ1) is 9.97. The SMILES string of the molecule is CC(CN1CCOCC1)NC(=O)N1C[C@@H](C)[C@H](C(=O)O)C1. The van der Waals surface area contributed by atoms with Crippen LogP contribution < -0.4 is 5.32 Å². The average Bonchev–Trinajstić information content (AvgIpc) is 2.82. The topological polar surface area (TPSA) is 82.1 Å². The van der Waals surface area contributed by atoms with E-state index in [9.17, 15) is 9.59 Å². The molecule has 0 spiro atoms. The lowest BCUT2D eigenvalue weighted by atomic mass is 9.99. The van der Waals surface area contributed by atoms with Crippen molar-refractivity contribution in [3.63, 3.8) is 0 Å². The van der Waals surface area contributed by atoms with Crippen molar-refractivity contribution in [3.8, 4) is 0 Å². The highest BCUT2D eigenvalue weighted by atomic mass is 16.5. The number of morpholine rings is 1. The molecule has 7 nitrogen and oxygen atoms in total. The smallest absolute Gasteiger partial charge is 0.317 e. The number of carbonyl (C=O) groups is 2. The maximum Gasteiger partial charge on any atom is 0.317 e. The van der Waals surface area contributed by atoms with Gasteiger partial charge < -0.3 is 20.1 Å². The van der Waals surface area contributed by atoms with Gasteiger partial charge in [0, 0.05) is 38.8 Å². The van der Waals surface area contributed by atoms with Gasteiger partial charge in [-0.3, -0.25) is 9.69 Å². The van der Waals surface area contributed by atoms with E-state index in [-0.39, 0.29) is 18.0 Å². The molecule has 0 bridgehead atoms. The molecule has 0 aromatic carbocycles. The second-order valence-corrected chi connectivity index (χ2v) is 6.09. The molecule has 7 heteroatoms. The average molecular weight is 299 g/mol. The second kappa shape index (κ2) is 7.09. The van der Waals surface area contributed by atoms with Crippen LogP contribution in [-0.4, -0.2) is 78.9 Å². The molecule has 120 valence electrons. The third-order valence-electron chi connectivity index (χ3n) is 4.22. The summed E-state index contributed by atoms with van der Waals surface area (Å²) in [6, 6.07) is -0.124. The van der Waals surface area contributed by atoms with Gasteiger partial charge in [-0.25, -0.2) is 4.79 Å². The minimum Gasteiger partial charge on any atom is -0.481 e. The largest absolute Gasteiger partial charge is 0.481 e. The number of carbonyl (C=O) groups excluding carboxylic acids is 1. The summed E-state index contributed by atoms with van der Waals surface area (Å²) < 4.78 is 5.30. The molecule has 21 heavy (non-hydrogen) atoms. The summed E-state index contributed by atoms with van der Waals surface area (Å²) in [6.07, 6.45) is 0. The van der Waals surface area contributed by atoms with Gasteiger partial charge >= 0.3 is 12.0 Å². The summed E-state index contributed by atoms with van der Waals surface area (Å²) in [6.45, 7) is 8.71. The molecule has 2 amide bonds. The highest BCUT2D eigenvalue weighted by molar-refractivity contribution is 5.77. The summed E-state index contributed by atoms with van der Waals surface area (Å²) in [5, 5.41) is 12.1. The molecule has 2 aliphatic rings. The molecule has 2 fully saturated rings. The molecule has 1 unspecified atom stereocenters. The number of amides is 2. The van der Waals surface area contributed by atoms with E-state index in [0.717, 1.165) is 32.8 Å². The minimum atomic E-state index is -0.820. The summed E-state index contributed by atoms with van der Waals surface area (Å²) in [5.74, 6) is -1.27. The first-order valence-corrected chi connectivity index (χ1v) is 7.55. The van der Waals surface area contributed by atoms with Crippen LogP contribution in [0.2, 0.25) is 0 Å². The number of nitrogens with zero attached hydrogens (tertiary/aromatic N) is 2. The van der Waals surface area contributed by atoms with E-state index in [2.05, 4.69) is 10.2 Å². The number of likely N-dealkylation sites (tertiary alicyclic amines) is 1. The van der Waals surface area contributed by atoms with Gasteiger partial charge in [0.1, 0.15) is 0 Å². The van der Waals surface area contributed by atoms with Crippen LogP contribution >= 0.6 is 0 Å². The fourth-order valence-corrected chi connectivity index (χ4v) is 2.97. The van der Waals surface area contributed by atoms with E-state index >= 15 is 0 Å². The Kier molecular flexibility index (Phi) is 5.41. The van der Waals surface area contributed by atoms with Crippen molar-refractivity contribution in [2.75, 3.05) is 45.9 Å². The second-order valence-electron chi connectivity index (χ2n) is 6.09. The Balaban J connectivity index is 1.77. The molecule has 0 aromatic rings. The molecule has 0 aliphatic carbocycles. The minimum absolute atomic E-state index is 0.00259. The number of carboxylic acids is 1. The van der Waals surface area contributed by atoms with E-state index in [0.29, 0.717) is 13.1 Å². The molecule has 2 heterocycles. The standard InChI is InChI=1S/C14H25N3O4/c1-10-7-17(9-12(10)13(18)19)14(20)15-11(2)8-16-3-5-21-6-4-16/h10-12H,3-9H2,1-2H3,(H,15,20)(H,18,19)/t10-,11?,12-/m1/s1. The molecule has 0 aromatic heterocycles. The third kappa shape index (κ3) is 4.31. The Labute approximate surface area is 125 Å². The zero-order valence-corrected chi connectivity index (χ0v) is 12.7. The molecule has 3 atom stereocenters. The lowest BCUT2D eigenvalue weighted by Crippen LogP contribution is -2.49. The van der Waals surface area contributed by atoms with Crippen LogP contribution in [-0.2, 0) is 9.53 Å². The highest BCUT2D eigenvalue weighted by Gasteiger charge is 2.37. The molecule has 2 aliphatic heterocycles. The van der Waals surface area contributed by atoms with Crippen molar-refractivity contribution in [3.05, 3.63) is 0 Å². The van der Waals surface area contributed by atoms with E-state index in [1.54, 1.807) is 4.90 Å². The number of hydrogen-bond donors (Lipinski definition) is 2. The van der Waals surface area contributed by atoms with Crippen LogP contribution in [0.4, 0.5) is 4.79 Å². The van der Waals surface area contributed by atoms with Crippen molar-refractivity contribution in [1.82, 2.24) is 15.1 Å². The van der Waals surface area contributed by atoms with Gasteiger partial charge in [-0.1, -0.05) is 6.92 Å². The lowest BCUT2D eigenvalue weighted by molar-refractivity contribution is -0.142. The number of ether oxygens (including phenoxy) is 1. The zero-order valence-electron chi connectivity index (χ0n) is 12.7. The molecule has 0 saturated carbocycles. The summed E-state index contributed by atoms with van der Waals surface area (Å²) in [5.41, 5.74) is 0. The van der Waals surface area contributed by atoms with Crippen molar-refractivity contribution in [2.45, 2.75) is 19.9 Å².